The summed E-state index contributed by atoms with van der Waals surface area (Å²) in [4.78, 5) is 0. The van der Waals surface area contributed by atoms with E-state index in [-0.39, 0.29) is 5.75 Å². The van der Waals surface area contributed by atoms with E-state index in [1.807, 2.05) is 36.4 Å². The largest absolute Gasteiger partial charge is 0.507 e. The Morgan fingerprint density at radius 1 is 1.15 bits per heavy atom. The van der Waals surface area contributed by atoms with Gasteiger partial charge in [-0.1, -0.05) is 30.3 Å². The SMILES string of the molecule is CN(N=Cc1ccccc1O)C(=S)Nc1ccccc1. The summed E-state index contributed by atoms with van der Waals surface area (Å²) in [5, 5.41) is 18.9. The highest BCUT2D eigenvalue weighted by Crippen LogP contribution is 2.13. The van der Waals surface area contributed by atoms with E-state index in [0.29, 0.717) is 10.7 Å². The molecular formula is C15H15N3OS. The standard InChI is InChI=1S/C15H15N3OS/c1-18(15(20)17-13-8-3-2-4-9-13)16-11-12-7-5-6-10-14(12)19/h2-11,19H,1H3,(H,17,20). The van der Waals surface area contributed by atoms with Crippen molar-refractivity contribution in [3.05, 3.63) is 60.2 Å². The van der Waals surface area contributed by atoms with Crippen LogP contribution >= 0.6 is 12.2 Å². The molecule has 0 spiro atoms. The molecule has 0 aliphatic carbocycles. The maximum atomic E-state index is 9.64. The highest BCUT2D eigenvalue weighted by Gasteiger charge is 2.02. The molecule has 0 amide bonds. The number of hydrazone groups is 1. The van der Waals surface area contributed by atoms with Crippen LogP contribution in [0.2, 0.25) is 0 Å². The molecule has 102 valence electrons. The maximum Gasteiger partial charge on any atom is 0.193 e. The Kier molecular flexibility index (Phi) is 4.68. The van der Waals surface area contributed by atoms with Crippen molar-refractivity contribution in [2.75, 3.05) is 12.4 Å². The zero-order valence-corrected chi connectivity index (χ0v) is 11.8. The molecule has 2 rings (SSSR count). The van der Waals surface area contributed by atoms with Crippen molar-refractivity contribution < 1.29 is 5.11 Å². The number of hydrogen-bond donors (Lipinski definition) is 2. The Morgan fingerprint density at radius 2 is 1.80 bits per heavy atom. The molecule has 0 aliphatic rings. The summed E-state index contributed by atoms with van der Waals surface area (Å²) in [5.41, 5.74) is 1.55. The van der Waals surface area contributed by atoms with E-state index in [4.69, 9.17) is 12.2 Å². The molecule has 0 saturated heterocycles. The minimum Gasteiger partial charge on any atom is -0.507 e. The molecule has 0 aliphatic heterocycles. The average molecular weight is 285 g/mol. The summed E-state index contributed by atoms with van der Waals surface area (Å²) >= 11 is 5.25. The second-order valence-electron chi connectivity index (χ2n) is 4.12. The predicted molar refractivity (Wildman–Crippen MR) is 86.1 cm³/mol. The van der Waals surface area contributed by atoms with Crippen LogP contribution in [0.5, 0.6) is 5.75 Å². The molecule has 0 atom stereocenters. The minimum atomic E-state index is 0.187. The van der Waals surface area contributed by atoms with E-state index in [1.165, 1.54) is 5.01 Å². The summed E-state index contributed by atoms with van der Waals surface area (Å²) in [7, 11) is 1.74. The van der Waals surface area contributed by atoms with Gasteiger partial charge in [-0.15, -0.1) is 0 Å². The summed E-state index contributed by atoms with van der Waals surface area (Å²) in [6.07, 6.45) is 1.56. The van der Waals surface area contributed by atoms with Crippen molar-refractivity contribution in [3.63, 3.8) is 0 Å². The van der Waals surface area contributed by atoms with E-state index in [2.05, 4.69) is 10.4 Å². The molecular weight excluding hydrogens is 270 g/mol. The van der Waals surface area contributed by atoms with Gasteiger partial charge in [0.1, 0.15) is 5.75 Å². The van der Waals surface area contributed by atoms with Crippen molar-refractivity contribution in [2.45, 2.75) is 0 Å². The minimum absolute atomic E-state index is 0.187. The lowest BCUT2D eigenvalue weighted by atomic mass is 10.2. The van der Waals surface area contributed by atoms with Crippen molar-refractivity contribution >= 4 is 29.2 Å². The van der Waals surface area contributed by atoms with Crippen LogP contribution in [0.1, 0.15) is 5.56 Å². The van der Waals surface area contributed by atoms with Crippen LogP contribution in [-0.4, -0.2) is 28.5 Å². The number of aromatic hydroxyl groups is 1. The lowest BCUT2D eigenvalue weighted by Crippen LogP contribution is -2.26. The third-order valence-electron chi connectivity index (χ3n) is 2.63. The lowest BCUT2D eigenvalue weighted by molar-refractivity contribution is 0.474. The van der Waals surface area contributed by atoms with Crippen LogP contribution in [0, 0.1) is 0 Å². The topological polar surface area (TPSA) is 47.9 Å². The van der Waals surface area contributed by atoms with Crippen LogP contribution in [0.15, 0.2) is 59.7 Å². The number of para-hydroxylation sites is 2. The number of phenols is 1. The summed E-state index contributed by atoms with van der Waals surface area (Å²) in [6, 6.07) is 16.6. The average Bonchev–Trinajstić information content (AvgIpc) is 2.47. The van der Waals surface area contributed by atoms with Crippen molar-refractivity contribution in [3.8, 4) is 5.75 Å². The van der Waals surface area contributed by atoms with Gasteiger partial charge in [-0.25, -0.2) is 5.01 Å². The van der Waals surface area contributed by atoms with Crippen LogP contribution < -0.4 is 5.32 Å². The fourth-order valence-corrected chi connectivity index (χ4v) is 1.69. The van der Waals surface area contributed by atoms with Gasteiger partial charge in [0.15, 0.2) is 5.11 Å². The summed E-state index contributed by atoms with van der Waals surface area (Å²) in [5.74, 6) is 0.187. The molecule has 0 heterocycles. The van der Waals surface area contributed by atoms with Crippen LogP contribution in [0.3, 0.4) is 0 Å². The van der Waals surface area contributed by atoms with Gasteiger partial charge in [-0.2, -0.15) is 5.10 Å². The second-order valence-corrected chi connectivity index (χ2v) is 4.51. The molecule has 20 heavy (non-hydrogen) atoms. The summed E-state index contributed by atoms with van der Waals surface area (Å²) in [6.45, 7) is 0. The van der Waals surface area contributed by atoms with Gasteiger partial charge in [-0.05, 0) is 36.5 Å². The first kappa shape index (κ1) is 14.0. The van der Waals surface area contributed by atoms with Gasteiger partial charge >= 0.3 is 0 Å². The second kappa shape index (κ2) is 6.68. The van der Waals surface area contributed by atoms with Gasteiger partial charge in [0.25, 0.3) is 0 Å². The number of hydrogen-bond acceptors (Lipinski definition) is 3. The number of thiocarbonyl (C=S) groups is 1. The maximum absolute atomic E-state index is 9.64. The first-order chi connectivity index (χ1) is 9.66. The Bertz CT molecular complexity index is 614. The van der Waals surface area contributed by atoms with Gasteiger partial charge in [0.2, 0.25) is 0 Å². The third-order valence-corrected chi connectivity index (χ3v) is 2.99. The summed E-state index contributed by atoms with van der Waals surface area (Å²) < 4.78 is 0. The first-order valence-electron chi connectivity index (χ1n) is 6.08. The number of benzene rings is 2. The predicted octanol–water partition coefficient (Wildman–Crippen LogP) is 3.05. The third kappa shape index (κ3) is 3.80. The zero-order valence-electron chi connectivity index (χ0n) is 11.0. The van der Waals surface area contributed by atoms with Gasteiger partial charge in [-0.3, -0.25) is 0 Å². The normalized spacial score (nSPS) is 10.4. The van der Waals surface area contributed by atoms with Crippen LogP contribution in [0.4, 0.5) is 5.69 Å². The molecule has 5 heteroatoms. The molecule has 0 bridgehead atoms. The zero-order chi connectivity index (χ0) is 14.4. The van der Waals surface area contributed by atoms with Crippen molar-refractivity contribution in [1.82, 2.24) is 5.01 Å². The van der Waals surface area contributed by atoms with Gasteiger partial charge in [0.05, 0.1) is 6.21 Å². The fourth-order valence-electron chi connectivity index (χ4n) is 1.52. The van der Waals surface area contributed by atoms with E-state index in [1.54, 1.807) is 31.5 Å². The van der Waals surface area contributed by atoms with Crippen LogP contribution in [-0.2, 0) is 0 Å². The number of nitrogens with zero attached hydrogens (tertiary/aromatic N) is 2. The highest BCUT2D eigenvalue weighted by molar-refractivity contribution is 7.80. The van der Waals surface area contributed by atoms with Crippen molar-refractivity contribution in [2.24, 2.45) is 5.10 Å². The molecule has 4 nitrogen and oxygen atoms in total. The number of nitrogens with one attached hydrogen (secondary N) is 1. The quantitative estimate of drug-likeness (QED) is 0.517. The van der Waals surface area contributed by atoms with E-state index < -0.39 is 0 Å². The fraction of sp³-hybridized carbons (Fsp3) is 0.0667. The van der Waals surface area contributed by atoms with Crippen molar-refractivity contribution in [1.29, 1.82) is 0 Å². The molecule has 2 N–H and O–H groups in total. The Hall–Kier alpha value is -2.40. The van der Waals surface area contributed by atoms with E-state index in [0.717, 1.165) is 5.69 Å². The molecule has 0 saturated carbocycles. The van der Waals surface area contributed by atoms with Gasteiger partial charge in [0, 0.05) is 18.3 Å². The highest BCUT2D eigenvalue weighted by atomic mass is 32.1. The Labute approximate surface area is 123 Å². The molecule has 0 unspecified atom stereocenters. The Balaban J connectivity index is 1.99. The number of anilines is 1. The molecule has 0 aromatic heterocycles. The van der Waals surface area contributed by atoms with Gasteiger partial charge < -0.3 is 10.4 Å². The number of phenolic OH excluding ortho intramolecular Hbond substituents is 1. The molecule has 0 fully saturated rings. The monoisotopic (exact) mass is 285 g/mol. The molecule has 0 radical (unpaired) electrons. The van der Waals surface area contributed by atoms with E-state index in [9.17, 15) is 5.11 Å². The van der Waals surface area contributed by atoms with E-state index >= 15 is 0 Å². The number of rotatable bonds is 3. The lowest BCUT2D eigenvalue weighted by Gasteiger charge is -2.15. The first-order valence-corrected chi connectivity index (χ1v) is 6.49. The van der Waals surface area contributed by atoms with Crippen LogP contribution in [0.25, 0.3) is 0 Å². The smallest absolute Gasteiger partial charge is 0.193 e. The Morgan fingerprint density at radius 3 is 2.50 bits per heavy atom. The molecule has 2 aromatic carbocycles. The molecule has 2 aromatic rings.